The summed E-state index contributed by atoms with van der Waals surface area (Å²) in [4.78, 5) is 28.7. The number of ether oxygens (including phenoxy) is 2. The van der Waals surface area contributed by atoms with Crippen LogP contribution in [0, 0.1) is 0 Å². The van der Waals surface area contributed by atoms with Gasteiger partial charge in [-0.05, 0) is 32.9 Å². The first-order valence-electron chi connectivity index (χ1n) is 9.38. The zero-order chi connectivity index (χ0) is 19.4. The molecule has 27 heavy (non-hydrogen) atoms. The van der Waals surface area contributed by atoms with Crippen LogP contribution >= 0.6 is 0 Å². The van der Waals surface area contributed by atoms with Crippen molar-refractivity contribution in [1.82, 2.24) is 15.1 Å². The first kappa shape index (κ1) is 19.4. The summed E-state index contributed by atoms with van der Waals surface area (Å²) in [7, 11) is 0. The van der Waals surface area contributed by atoms with E-state index in [1.807, 2.05) is 26.8 Å². The van der Waals surface area contributed by atoms with E-state index in [-0.39, 0.29) is 30.7 Å². The van der Waals surface area contributed by atoms with E-state index in [1.165, 1.54) is 0 Å². The summed E-state index contributed by atoms with van der Waals surface area (Å²) < 4.78 is 10.6. The fraction of sp³-hybridized carbons (Fsp3) is 0.579. The van der Waals surface area contributed by atoms with E-state index in [0.29, 0.717) is 23.7 Å². The number of carbonyl (C=O) groups is 2. The van der Waals surface area contributed by atoms with E-state index in [4.69, 9.17) is 9.47 Å². The van der Waals surface area contributed by atoms with Crippen LogP contribution in [0.15, 0.2) is 18.2 Å². The Balaban J connectivity index is 1.46. The molecule has 0 saturated carbocycles. The second kappa shape index (κ2) is 8.58. The monoisotopic (exact) mass is 376 g/mol. The Morgan fingerprint density at radius 1 is 1.07 bits per heavy atom. The molecular weight excluding hydrogens is 348 g/mol. The molecule has 2 N–H and O–H groups in total. The molecule has 1 aromatic carbocycles. The van der Waals surface area contributed by atoms with Gasteiger partial charge in [0, 0.05) is 44.0 Å². The fourth-order valence-corrected chi connectivity index (χ4v) is 3.27. The molecule has 1 atom stereocenters. The molecule has 0 bridgehead atoms. The molecule has 0 aliphatic carbocycles. The van der Waals surface area contributed by atoms with Gasteiger partial charge in [0.05, 0.1) is 12.6 Å². The first-order chi connectivity index (χ1) is 12.9. The summed E-state index contributed by atoms with van der Waals surface area (Å²) in [5.74, 6) is 1.33. The van der Waals surface area contributed by atoms with Crippen LogP contribution < -0.4 is 20.1 Å². The Bertz CT molecular complexity index is 686. The minimum atomic E-state index is -0.248. The highest BCUT2D eigenvalue weighted by Crippen LogP contribution is 2.34. The average molecular weight is 376 g/mol. The van der Waals surface area contributed by atoms with Gasteiger partial charge in [0.25, 0.3) is 0 Å². The number of amides is 2. The maximum Gasteiger partial charge on any atom is 0.241 e. The maximum absolute atomic E-state index is 12.6. The Kier molecular flexibility index (Phi) is 6.18. The van der Waals surface area contributed by atoms with Crippen LogP contribution in [0.25, 0.3) is 0 Å². The standard InChI is InChI=1S/C19H28N4O4/c1-13(2)20-18(24)11-22-6-8-23(9-7-22)14(3)19(25)21-15-4-5-16-17(10-15)27-12-26-16/h4-5,10,13-14H,6-9,11-12H2,1-3H3,(H,20,24)(H,21,25)/t14-/m0/s1. The van der Waals surface area contributed by atoms with Crippen molar-refractivity contribution in [3.8, 4) is 11.5 Å². The maximum atomic E-state index is 12.6. The molecule has 1 aromatic rings. The van der Waals surface area contributed by atoms with Crippen molar-refractivity contribution in [3.05, 3.63) is 18.2 Å². The normalized spacial score (nSPS) is 18.4. The van der Waals surface area contributed by atoms with Crippen molar-refractivity contribution in [2.75, 3.05) is 44.8 Å². The Morgan fingerprint density at radius 2 is 1.78 bits per heavy atom. The Labute approximate surface area is 159 Å². The molecule has 2 aliphatic rings. The number of piperazine rings is 1. The predicted octanol–water partition coefficient (Wildman–Crippen LogP) is 0.885. The van der Waals surface area contributed by atoms with Gasteiger partial charge >= 0.3 is 0 Å². The van der Waals surface area contributed by atoms with Gasteiger partial charge in [0.15, 0.2) is 11.5 Å². The number of benzene rings is 1. The van der Waals surface area contributed by atoms with Crippen LogP contribution in [0.2, 0.25) is 0 Å². The second-order valence-electron chi connectivity index (χ2n) is 7.27. The third-order valence-electron chi connectivity index (χ3n) is 4.79. The lowest BCUT2D eigenvalue weighted by Crippen LogP contribution is -2.54. The van der Waals surface area contributed by atoms with Gasteiger partial charge in [-0.2, -0.15) is 0 Å². The molecule has 0 spiro atoms. The molecule has 0 radical (unpaired) electrons. The molecule has 3 rings (SSSR count). The minimum Gasteiger partial charge on any atom is -0.454 e. The van der Waals surface area contributed by atoms with Crippen molar-refractivity contribution in [2.45, 2.75) is 32.9 Å². The molecular formula is C19H28N4O4. The van der Waals surface area contributed by atoms with Crippen LogP contribution in [-0.2, 0) is 9.59 Å². The van der Waals surface area contributed by atoms with Crippen molar-refractivity contribution in [1.29, 1.82) is 0 Å². The first-order valence-corrected chi connectivity index (χ1v) is 9.38. The van der Waals surface area contributed by atoms with E-state index >= 15 is 0 Å². The van der Waals surface area contributed by atoms with Crippen molar-refractivity contribution < 1.29 is 19.1 Å². The van der Waals surface area contributed by atoms with Gasteiger partial charge in [0.2, 0.25) is 18.6 Å². The van der Waals surface area contributed by atoms with Gasteiger partial charge in [-0.25, -0.2) is 0 Å². The molecule has 2 amide bonds. The predicted molar refractivity (Wildman–Crippen MR) is 102 cm³/mol. The lowest BCUT2D eigenvalue weighted by molar-refractivity contribution is -0.125. The smallest absolute Gasteiger partial charge is 0.241 e. The molecule has 8 heteroatoms. The highest BCUT2D eigenvalue weighted by Gasteiger charge is 2.26. The molecule has 2 aliphatic heterocycles. The van der Waals surface area contributed by atoms with Crippen molar-refractivity contribution >= 4 is 17.5 Å². The molecule has 1 saturated heterocycles. The highest BCUT2D eigenvalue weighted by atomic mass is 16.7. The number of nitrogens with zero attached hydrogens (tertiary/aromatic N) is 2. The summed E-state index contributed by atoms with van der Waals surface area (Å²) in [6, 6.07) is 5.28. The van der Waals surface area contributed by atoms with Crippen LogP contribution in [0.4, 0.5) is 5.69 Å². The second-order valence-corrected chi connectivity index (χ2v) is 7.27. The quantitative estimate of drug-likeness (QED) is 0.767. The van der Waals surface area contributed by atoms with E-state index in [0.717, 1.165) is 26.2 Å². The molecule has 0 aromatic heterocycles. The van der Waals surface area contributed by atoms with Crippen LogP contribution in [0.5, 0.6) is 11.5 Å². The third-order valence-corrected chi connectivity index (χ3v) is 4.79. The fourth-order valence-electron chi connectivity index (χ4n) is 3.27. The van der Waals surface area contributed by atoms with Gasteiger partial charge in [-0.15, -0.1) is 0 Å². The number of hydrogen-bond donors (Lipinski definition) is 2. The van der Waals surface area contributed by atoms with E-state index in [9.17, 15) is 9.59 Å². The summed E-state index contributed by atoms with van der Waals surface area (Å²) in [6.45, 7) is 9.48. The third kappa shape index (κ3) is 5.11. The molecule has 0 unspecified atom stereocenters. The number of carbonyl (C=O) groups excluding carboxylic acids is 2. The molecule has 8 nitrogen and oxygen atoms in total. The largest absolute Gasteiger partial charge is 0.454 e. The van der Waals surface area contributed by atoms with Crippen LogP contribution in [-0.4, -0.2) is 73.2 Å². The number of hydrogen-bond acceptors (Lipinski definition) is 6. The summed E-state index contributed by atoms with van der Waals surface area (Å²) in [6.07, 6.45) is 0. The van der Waals surface area contributed by atoms with E-state index in [1.54, 1.807) is 12.1 Å². The Hall–Kier alpha value is -2.32. The van der Waals surface area contributed by atoms with E-state index in [2.05, 4.69) is 20.4 Å². The van der Waals surface area contributed by atoms with Crippen LogP contribution in [0.3, 0.4) is 0 Å². The van der Waals surface area contributed by atoms with Gasteiger partial charge in [0.1, 0.15) is 0 Å². The number of nitrogens with one attached hydrogen (secondary N) is 2. The van der Waals surface area contributed by atoms with Crippen molar-refractivity contribution in [3.63, 3.8) is 0 Å². The Morgan fingerprint density at radius 3 is 2.48 bits per heavy atom. The van der Waals surface area contributed by atoms with Crippen molar-refractivity contribution in [2.24, 2.45) is 0 Å². The summed E-state index contributed by atoms with van der Waals surface area (Å²) >= 11 is 0. The molecule has 148 valence electrons. The molecule has 2 heterocycles. The zero-order valence-corrected chi connectivity index (χ0v) is 16.2. The molecule has 1 fully saturated rings. The topological polar surface area (TPSA) is 83.1 Å². The summed E-state index contributed by atoms with van der Waals surface area (Å²) in [5.41, 5.74) is 0.695. The average Bonchev–Trinajstić information content (AvgIpc) is 3.08. The van der Waals surface area contributed by atoms with E-state index < -0.39 is 0 Å². The van der Waals surface area contributed by atoms with Gasteiger partial charge < -0.3 is 20.1 Å². The lowest BCUT2D eigenvalue weighted by Gasteiger charge is -2.37. The van der Waals surface area contributed by atoms with Gasteiger partial charge in [-0.3, -0.25) is 19.4 Å². The lowest BCUT2D eigenvalue weighted by atomic mass is 10.2. The summed E-state index contributed by atoms with van der Waals surface area (Å²) in [5, 5.41) is 5.85. The highest BCUT2D eigenvalue weighted by molar-refractivity contribution is 5.94. The SMILES string of the molecule is CC(C)NC(=O)CN1CCN([C@@H](C)C(=O)Nc2ccc3c(c2)OCO3)CC1. The van der Waals surface area contributed by atoms with Crippen LogP contribution in [0.1, 0.15) is 20.8 Å². The van der Waals surface area contributed by atoms with Gasteiger partial charge in [-0.1, -0.05) is 0 Å². The minimum absolute atomic E-state index is 0.0482. The zero-order valence-electron chi connectivity index (χ0n) is 16.2. The number of rotatable bonds is 6. The number of anilines is 1. The number of fused-ring (bicyclic) bond motifs is 1.